The number of hydrogen-bond acceptors (Lipinski definition) is 2. The maximum absolute atomic E-state index is 13.5. The van der Waals surface area contributed by atoms with E-state index >= 15 is 0 Å². The van der Waals surface area contributed by atoms with Crippen molar-refractivity contribution >= 4 is 53.5 Å². The first-order valence-corrected chi connectivity index (χ1v) is 7.07. The molecule has 0 aliphatic carbocycles. The topological polar surface area (TPSA) is 25.2 Å². The van der Waals surface area contributed by atoms with Gasteiger partial charge in [0.2, 0.25) is 0 Å². The van der Waals surface area contributed by atoms with Crippen molar-refractivity contribution in [2.24, 2.45) is 0 Å². The zero-order chi connectivity index (χ0) is 12.4. The predicted molar refractivity (Wildman–Crippen MR) is 75.5 cm³/mol. The van der Waals surface area contributed by atoms with Crippen molar-refractivity contribution in [3.05, 3.63) is 49.5 Å². The molecule has 17 heavy (non-hydrogen) atoms. The molecule has 0 aliphatic heterocycles. The molecule has 0 aliphatic rings. The lowest BCUT2D eigenvalue weighted by atomic mass is 10.3. The molecule has 6 heteroatoms. The third kappa shape index (κ3) is 3.33. The van der Waals surface area contributed by atoms with Crippen LogP contribution in [0.25, 0.3) is 0 Å². The molecule has 0 fully saturated rings. The Morgan fingerprint density at radius 1 is 1.18 bits per heavy atom. The minimum atomic E-state index is -0.302. The van der Waals surface area contributed by atoms with Crippen LogP contribution in [-0.4, -0.2) is 0 Å². The van der Waals surface area contributed by atoms with Crippen LogP contribution < -0.4 is 5.32 Å². The maximum Gasteiger partial charge on any atom is 0.183 e. The highest BCUT2D eigenvalue weighted by atomic mass is 79.9. The largest absolute Gasteiger partial charge is 0.451 e. The summed E-state index contributed by atoms with van der Waals surface area (Å²) in [5, 5.41) is 2.97. The van der Waals surface area contributed by atoms with Crippen molar-refractivity contribution < 1.29 is 8.81 Å². The van der Waals surface area contributed by atoms with Crippen LogP contribution in [0.2, 0.25) is 0 Å². The SMILES string of the molecule is Fc1cc(Br)ccc1NCc1cc(Br)c(Br)o1. The van der Waals surface area contributed by atoms with Crippen molar-refractivity contribution in [2.45, 2.75) is 6.54 Å². The van der Waals surface area contributed by atoms with Crippen molar-refractivity contribution in [2.75, 3.05) is 5.32 Å². The molecule has 0 spiro atoms. The Morgan fingerprint density at radius 2 is 1.94 bits per heavy atom. The summed E-state index contributed by atoms with van der Waals surface area (Å²) in [6, 6.07) is 6.69. The molecule has 1 aromatic carbocycles. The third-order valence-electron chi connectivity index (χ3n) is 2.08. The molecule has 2 rings (SSSR count). The number of anilines is 1. The van der Waals surface area contributed by atoms with Crippen LogP contribution in [0.5, 0.6) is 0 Å². The summed E-state index contributed by atoms with van der Waals surface area (Å²) >= 11 is 9.77. The first-order chi connectivity index (χ1) is 8.06. The van der Waals surface area contributed by atoms with Gasteiger partial charge in [-0.25, -0.2) is 4.39 Å². The number of furan rings is 1. The number of halogens is 4. The second-order valence-electron chi connectivity index (χ2n) is 3.31. The van der Waals surface area contributed by atoms with Crippen LogP contribution in [-0.2, 0) is 6.54 Å². The minimum absolute atomic E-state index is 0.302. The summed E-state index contributed by atoms with van der Waals surface area (Å²) in [5.41, 5.74) is 0.442. The third-order valence-corrected chi connectivity index (χ3v) is 4.28. The van der Waals surface area contributed by atoms with Gasteiger partial charge in [0.05, 0.1) is 16.7 Å². The maximum atomic E-state index is 13.5. The highest BCUT2D eigenvalue weighted by molar-refractivity contribution is 9.13. The van der Waals surface area contributed by atoms with Crippen molar-refractivity contribution in [3.63, 3.8) is 0 Å². The molecule has 0 saturated heterocycles. The van der Waals surface area contributed by atoms with Crippen LogP contribution in [0.3, 0.4) is 0 Å². The van der Waals surface area contributed by atoms with Gasteiger partial charge in [-0.05, 0) is 56.1 Å². The smallest absolute Gasteiger partial charge is 0.183 e. The van der Waals surface area contributed by atoms with Gasteiger partial charge in [0.15, 0.2) is 4.67 Å². The van der Waals surface area contributed by atoms with Crippen molar-refractivity contribution in [1.82, 2.24) is 0 Å². The monoisotopic (exact) mass is 425 g/mol. The Balaban J connectivity index is 2.07. The van der Waals surface area contributed by atoms with Gasteiger partial charge in [-0.1, -0.05) is 15.9 Å². The van der Waals surface area contributed by atoms with E-state index in [9.17, 15) is 4.39 Å². The molecule has 0 atom stereocenters. The fourth-order valence-corrected chi connectivity index (χ4v) is 2.29. The summed E-state index contributed by atoms with van der Waals surface area (Å²) in [6.07, 6.45) is 0. The summed E-state index contributed by atoms with van der Waals surface area (Å²) in [5.74, 6) is 0.412. The Labute approximate surface area is 123 Å². The lowest BCUT2D eigenvalue weighted by Crippen LogP contribution is -2.00. The van der Waals surface area contributed by atoms with E-state index in [-0.39, 0.29) is 5.82 Å². The van der Waals surface area contributed by atoms with Gasteiger partial charge in [-0.2, -0.15) is 0 Å². The average Bonchev–Trinajstić information content (AvgIpc) is 2.57. The zero-order valence-corrected chi connectivity index (χ0v) is 13.2. The highest BCUT2D eigenvalue weighted by Crippen LogP contribution is 2.27. The quantitative estimate of drug-likeness (QED) is 0.717. The second kappa shape index (κ2) is 5.54. The molecule has 90 valence electrons. The van der Waals surface area contributed by atoms with E-state index in [0.717, 1.165) is 4.47 Å². The normalized spacial score (nSPS) is 10.6. The predicted octanol–water partition coefficient (Wildman–Crippen LogP) is 5.32. The highest BCUT2D eigenvalue weighted by Gasteiger charge is 2.07. The van der Waals surface area contributed by atoms with E-state index in [4.69, 9.17) is 4.42 Å². The molecule has 2 aromatic rings. The van der Waals surface area contributed by atoms with Gasteiger partial charge in [-0.3, -0.25) is 0 Å². The van der Waals surface area contributed by atoms with Crippen LogP contribution in [0, 0.1) is 5.82 Å². The Bertz CT molecular complexity index is 522. The molecule has 1 heterocycles. The average molecular weight is 428 g/mol. The standard InChI is InChI=1S/C11H7Br3FNO/c12-6-1-2-10(9(15)3-6)16-5-7-4-8(13)11(14)17-7/h1-4,16H,5H2. The molecule has 0 bridgehead atoms. The fourth-order valence-electron chi connectivity index (χ4n) is 1.29. The number of benzene rings is 1. The van der Waals surface area contributed by atoms with Crippen LogP contribution in [0.1, 0.15) is 5.76 Å². The molecule has 0 amide bonds. The molecule has 1 N–H and O–H groups in total. The van der Waals surface area contributed by atoms with Crippen LogP contribution in [0.4, 0.5) is 10.1 Å². The van der Waals surface area contributed by atoms with E-state index < -0.39 is 0 Å². The minimum Gasteiger partial charge on any atom is -0.451 e. The Hall–Kier alpha value is -0.330. The van der Waals surface area contributed by atoms with Crippen LogP contribution in [0.15, 0.2) is 42.3 Å². The van der Waals surface area contributed by atoms with Gasteiger partial charge in [0, 0.05) is 4.47 Å². The molecular formula is C11H7Br3FNO. The zero-order valence-electron chi connectivity index (χ0n) is 8.44. The Morgan fingerprint density at radius 3 is 2.53 bits per heavy atom. The van der Waals surface area contributed by atoms with Crippen molar-refractivity contribution in [1.29, 1.82) is 0 Å². The number of rotatable bonds is 3. The molecule has 1 aromatic heterocycles. The molecule has 0 saturated carbocycles. The van der Waals surface area contributed by atoms with E-state index in [0.29, 0.717) is 27.1 Å². The van der Waals surface area contributed by atoms with Crippen molar-refractivity contribution in [3.8, 4) is 0 Å². The lowest BCUT2D eigenvalue weighted by molar-refractivity contribution is 0.493. The van der Waals surface area contributed by atoms with Gasteiger partial charge in [0.25, 0.3) is 0 Å². The first-order valence-electron chi connectivity index (χ1n) is 4.69. The molecule has 2 nitrogen and oxygen atoms in total. The Kier molecular flexibility index (Phi) is 4.27. The molecular weight excluding hydrogens is 421 g/mol. The first kappa shape index (κ1) is 13.1. The van der Waals surface area contributed by atoms with E-state index in [1.165, 1.54) is 6.07 Å². The number of hydrogen-bond donors (Lipinski definition) is 1. The lowest BCUT2D eigenvalue weighted by Gasteiger charge is -2.05. The summed E-state index contributed by atoms with van der Waals surface area (Å²) < 4.78 is 21.1. The van der Waals surface area contributed by atoms with E-state index in [1.54, 1.807) is 12.1 Å². The van der Waals surface area contributed by atoms with E-state index in [2.05, 4.69) is 53.1 Å². The number of nitrogens with one attached hydrogen (secondary N) is 1. The fraction of sp³-hybridized carbons (Fsp3) is 0.0909. The molecule has 0 unspecified atom stereocenters. The van der Waals surface area contributed by atoms with Gasteiger partial charge in [0.1, 0.15) is 11.6 Å². The van der Waals surface area contributed by atoms with Gasteiger partial charge >= 0.3 is 0 Å². The molecule has 0 radical (unpaired) electrons. The summed E-state index contributed by atoms with van der Waals surface area (Å²) in [4.78, 5) is 0. The van der Waals surface area contributed by atoms with E-state index in [1.807, 2.05) is 6.07 Å². The van der Waals surface area contributed by atoms with Gasteiger partial charge < -0.3 is 9.73 Å². The summed E-state index contributed by atoms with van der Waals surface area (Å²) in [6.45, 7) is 0.419. The van der Waals surface area contributed by atoms with Crippen LogP contribution >= 0.6 is 47.8 Å². The van der Waals surface area contributed by atoms with Gasteiger partial charge in [-0.15, -0.1) is 0 Å². The second-order valence-corrected chi connectivity index (χ2v) is 5.80. The summed E-state index contributed by atoms with van der Waals surface area (Å²) in [7, 11) is 0.